The summed E-state index contributed by atoms with van der Waals surface area (Å²) in [4.78, 5) is 23.0. The Balaban J connectivity index is 2.59. The zero-order valence-electron chi connectivity index (χ0n) is 11.3. The van der Waals surface area contributed by atoms with E-state index >= 15 is 0 Å². The lowest BCUT2D eigenvalue weighted by atomic mass is 10.0. The van der Waals surface area contributed by atoms with Gasteiger partial charge < -0.3 is 10.4 Å². The second-order valence-electron chi connectivity index (χ2n) is 5.80. The lowest BCUT2D eigenvalue weighted by Crippen LogP contribution is -2.38. The number of rotatable bonds is 5. The van der Waals surface area contributed by atoms with Crippen LogP contribution in [0.3, 0.4) is 0 Å². The van der Waals surface area contributed by atoms with Crippen molar-refractivity contribution in [1.82, 2.24) is 5.32 Å². The van der Waals surface area contributed by atoms with Crippen LogP contribution in [0.2, 0.25) is 0 Å². The summed E-state index contributed by atoms with van der Waals surface area (Å²) in [5.74, 6) is -1.50. The molecule has 98 valence electrons. The fourth-order valence-corrected chi connectivity index (χ4v) is 2.40. The first-order chi connectivity index (χ1) is 7.73. The number of nitrogens with one attached hydrogen (secondary N) is 1. The predicted octanol–water partition coefficient (Wildman–Crippen LogP) is 1.89. The molecule has 17 heavy (non-hydrogen) atoms. The molecule has 0 aromatic rings. The zero-order chi connectivity index (χ0) is 13.4. The van der Waals surface area contributed by atoms with Crippen LogP contribution >= 0.6 is 0 Å². The lowest BCUT2D eigenvalue weighted by molar-refractivity contribution is -0.140. The topological polar surface area (TPSA) is 66.4 Å². The van der Waals surface area contributed by atoms with Crippen LogP contribution in [-0.2, 0) is 9.59 Å². The highest BCUT2D eigenvalue weighted by Crippen LogP contribution is 2.58. The molecule has 1 fully saturated rings. The third-order valence-electron chi connectivity index (χ3n) is 4.24. The first kappa shape index (κ1) is 14.0. The summed E-state index contributed by atoms with van der Waals surface area (Å²) in [6.45, 7) is 9.80. The minimum absolute atomic E-state index is 0.0957. The fourth-order valence-electron chi connectivity index (χ4n) is 2.40. The average molecular weight is 241 g/mol. The van der Waals surface area contributed by atoms with Crippen LogP contribution in [0.15, 0.2) is 0 Å². The third kappa shape index (κ3) is 2.61. The van der Waals surface area contributed by atoms with Crippen LogP contribution in [0.1, 0.15) is 41.0 Å². The first-order valence-electron chi connectivity index (χ1n) is 6.26. The normalized spacial score (nSPS) is 29.2. The van der Waals surface area contributed by atoms with Gasteiger partial charge in [0.1, 0.15) is 0 Å². The molecule has 0 aromatic heterocycles. The van der Waals surface area contributed by atoms with Gasteiger partial charge in [-0.1, -0.05) is 34.1 Å². The maximum absolute atomic E-state index is 12.0. The summed E-state index contributed by atoms with van der Waals surface area (Å²) < 4.78 is 0. The highest BCUT2D eigenvalue weighted by atomic mass is 16.4. The van der Waals surface area contributed by atoms with Crippen LogP contribution in [0.25, 0.3) is 0 Å². The van der Waals surface area contributed by atoms with E-state index in [9.17, 15) is 9.59 Å². The van der Waals surface area contributed by atoms with Crippen LogP contribution in [0, 0.1) is 23.2 Å². The largest absolute Gasteiger partial charge is 0.481 e. The molecule has 1 saturated carbocycles. The van der Waals surface area contributed by atoms with E-state index in [0.29, 0.717) is 5.92 Å². The van der Waals surface area contributed by atoms with Crippen LogP contribution in [-0.4, -0.2) is 23.0 Å². The molecular formula is C13H23NO3. The number of hydrogen-bond acceptors (Lipinski definition) is 2. The quantitative estimate of drug-likeness (QED) is 0.772. The van der Waals surface area contributed by atoms with Crippen LogP contribution < -0.4 is 5.32 Å². The Morgan fingerprint density at radius 2 is 1.82 bits per heavy atom. The van der Waals surface area contributed by atoms with Gasteiger partial charge in [0.15, 0.2) is 0 Å². The molecule has 1 aliphatic carbocycles. The van der Waals surface area contributed by atoms with Crippen molar-refractivity contribution >= 4 is 11.9 Å². The van der Waals surface area contributed by atoms with E-state index in [1.54, 1.807) is 0 Å². The van der Waals surface area contributed by atoms with Gasteiger partial charge in [-0.25, -0.2) is 0 Å². The van der Waals surface area contributed by atoms with Crippen molar-refractivity contribution < 1.29 is 14.7 Å². The van der Waals surface area contributed by atoms with E-state index in [1.807, 2.05) is 20.8 Å². The molecule has 1 amide bonds. The Labute approximate surface area is 103 Å². The minimum atomic E-state index is -0.869. The summed E-state index contributed by atoms with van der Waals surface area (Å²) in [6, 6.07) is 0.0957. The molecule has 4 unspecified atom stereocenters. The maximum Gasteiger partial charge on any atom is 0.307 e. The summed E-state index contributed by atoms with van der Waals surface area (Å²) in [7, 11) is 0. The molecule has 1 aliphatic rings. The van der Waals surface area contributed by atoms with Crippen molar-refractivity contribution in [2.45, 2.75) is 47.1 Å². The molecular weight excluding hydrogens is 218 g/mol. The van der Waals surface area contributed by atoms with Gasteiger partial charge in [0.2, 0.25) is 5.91 Å². The van der Waals surface area contributed by atoms with Crippen molar-refractivity contribution in [3.05, 3.63) is 0 Å². The molecule has 0 aliphatic heterocycles. The van der Waals surface area contributed by atoms with Gasteiger partial charge >= 0.3 is 5.97 Å². The third-order valence-corrected chi connectivity index (χ3v) is 4.24. The maximum atomic E-state index is 12.0. The summed E-state index contributed by atoms with van der Waals surface area (Å²) >= 11 is 0. The average Bonchev–Trinajstić information content (AvgIpc) is 2.80. The standard InChI is InChI=1S/C13H23NO3/c1-6-7(2)8(3)14-11(15)9-10(12(16)17)13(9,4)5/h7-10H,6H2,1-5H3,(H,14,15)(H,16,17). The van der Waals surface area contributed by atoms with Gasteiger partial charge in [-0.05, 0) is 18.3 Å². The van der Waals surface area contributed by atoms with E-state index in [0.717, 1.165) is 6.42 Å². The number of aliphatic carboxylic acids is 1. The highest BCUT2D eigenvalue weighted by Gasteiger charge is 2.65. The molecule has 2 N–H and O–H groups in total. The number of carbonyl (C=O) groups excluding carboxylic acids is 1. The van der Waals surface area contributed by atoms with Crippen molar-refractivity contribution in [3.8, 4) is 0 Å². The Bertz CT molecular complexity index is 325. The van der Waals surface area contributed by atoms with Crippen molar-refractivity contribution in [3.63, 3.8) is 0 Å². The van der Waals surface area contributed by atoms with Gasteiger partial charge in [0, 0.05) is 6.04 Å². The minimum Gasteiger partial charge on any atom is -0.481 e. The van der Waals surface area contributed by atoms with Gasteiger partial charge in [-0.15, -0.1) is 0 Å². The zero-order valence-corrected chi connectivity index (χ0v) is 11.3. The molecule has 0 spiro atoms. The van der Waals surface area contributed by atoms with E-state index < -0.39 is 17.3 Å². The second kappa shape index (κ2) is 4.67. The summed E-state index contributed by atoms with van der Waals surface area (Å²) in [5, 5.41) is 11.9. The Hall–Kier alpha value is -1.06. The summed E-state index contributed by atoms with van der Waals surface area (Å²) in [5.41, 5.74) is -0.412. The van der Waals surface area contributed by atoms with E-state index in [1.165, 1.54) is 0 Å². The van der Waals surface area contributed by atoms with Crippen molar-refractivity contribution in [2.75, 3.05) is 0 Å². The highest BCUT2D eigenvalue weighted by molar-refractivity contribution is 5.91. The molecule has 0 heterocycles. The van der Waals surface area contributed by atoms with Crippen molar-refractivity contribution in [1.29, 1.82) is 0 Å². The summed E-state index contributed by atoms with van der Waals surface area (Å²) in [6.07, 6.45) is 0.998. The van der Waals surface area contributed by atoms with Gasteiger partial charge in [0.25, 0.3) is 0 Å². The monoisotopic (exact) mass is 241 g/mol. The van der Waals surface area contributed by atoms with Crippen LogP contribution in [0.5, 0.6) is 0 Å². The first-order valence-corrected chi connectivity index (χ1v) is 6.26. The van der Waals surface area contributed by atoms with Gasteiger partial charge in [-0.3, -0.25) is 9.59 Å². The van der Waals surface area contributed by atoms with E-state index in [2.05, 4.69) is 19.2 Å². The number of carboxylic acid groups (broad SMARTS) is 1. The number of amides is 1. The Kier molecular flexibility index (Phi) is 3.84. The molecule has 4 heteroatoms. The van der Waals surface area contributed by atoms with Crippen molar-refractivity contribution in [2.24, 2.45) is 23.2 Å². The lowest BCUT2D eigenvalue weighted by Gasteiger charge is -2.20. The Morgan fingerprint density at radius 3 is 2.18 bits per heavy atom. The molecule has 0 bridgehead atoms. The molecule has 4 nitrogen and oxygen atoms in total. The van der Waals surface area contributed by atoms with E-state index in [4.69, 9.17) is 5.11 Å². The Morgan fingerprint density at radius 1 is 1.29 bits per heavy atom. The van der Waals surface area contributed by atoms with Gasteiger partial charge in [-0.2, -0.15) is 0 Å². The predicted molar refractivity (Wildman–Crippen MR) is 65.5 cm³/mol. The number of hydrogen-bond donors (Lipinski definition) is 2. The molecule has 0 saturated heterocycles. The molecule has 0 radical (unpaired) electrons. The smallest absolute Gasteiger partial charge is 0.307 e. The fraction of sp³-hybridized carbons (Fsp3) is 0.846. The number of carbonyl (C=O) groups is 2. The van der Waals surface area contributed by atoms with Crippen LogP contribution in [0.4, 0.5) is 0 Å². The molecule has 0 aromatic carbocycles. The SMILES string of the molecule is CCC(C)C(C)NC(=O)C1C(C(=O)O)C1(C)C. The molecule has 4 atom stereocenters. The second-order valence-corrected chi connectivity index (χ2v) is 5.80. The number of carboxylic acids is 1. The van der Waals surface area contributed by atoms with Gasteiger partial charge in [0.05, 0.1) is 11.8 Å². The molecule has 1 rings (SSSR count). The van der Waals surface area contributed by atoms with E-state index in [-0.39, 0.29) is 17.9 Å².